The third-order valence-electron chi connectivity index (χ3n) is 5.23. The first-order chi connectivity index (χ1) is 13.0. The zero-order chi connectivity index (χ0) is 19.0. The van der Waals surface area contributed by atoms with Crippen molar-refractivity contribution >= 4 is 27.1 Å². The molecule has 3 aliphatic rings. The Labute approximate surface area is 156 Å². The SMILES string of the molecule is O=[N+]([O-])c1ccc(N/N=C2/CC3CC=CC23)c(S(=O)(=O)N2CCOCC2)c1. The molecule has 2 unspecified atom stereocenters. The van der Waals surface area contributed by atoms with Crippen molar-refractivity contribution in [2.75, 3.05) is 31.7 Å². The molecule has 2 fully saturated rings. The molecule has 10 heteroatoms. The normalized spacial score (nSPS) is 26.6. The van der Waals surface area contributed by atoms with Gasteiger partial charge in [-0.3, -0.25) is 15.5 Å². The Balaban J connectivity index is 1.65. The smallest absolute Gasteiger partial charge is 0.270 e. The number of hydrazone groups is 1. The molecule has 2 atom stereocenters. The Morgan fingerprint density at radius 1 is 1.30 bits per heavy atom. The van der Waals surface area contributed by atoms with E-state index in [9.17, 15) is 18.5 Å². The molecule has 0 aromatic heterocycles. The zero-order valence-corrected chi connectivity index (χ0v) is 15.4. The van der Waals surface area contributed by atoms with Gasteiger partial charge in [0.25, 0.3) is 5.69 Å². The van der Waals surface area contributed by atoms with Gasteiger partial charge in [0, 0.05) is 36.9 Å². The number of fused-ring (bicyclic) bond motifs is 1. The second-order valence-electron chi connectivity index (χ2n) is 6.82. The van der Waals surface area contributed by atoms with Crippen LogP contribution in [-0.2, 0) is 14.8 Å². The number of nitrogens with one attached hydrogen (secondary N) is 1. The van der Waals surface area contributed by atoms with Crippen molar-refractivity contribution in [2.24, 2.45) is 16.9 Å². The van der Waals surface area contributed by atoms with Gasteiger partial charge >= 0.3 is 0 Å². The average Bonchev–Trinajstić information content (AvgIpc) is 3.03. The van der Waals surface area contributed by atoms with Gasteiger partial charge in [-0.1, -0.05) is 12.2 Å². The van der Waals surface area contributed by atoms with Crippen LogP contribution in [0.3, 0.4) is 0 Å². The minimum Gasteiger partial charge on any atom is -0.379 e. The van der Waals surface area contributed by atoms with Gasteiger partial charge in [0.05, 0.1) is 23.8 Å². The van der Waals surface area contributed by atoms with Crippen LogP contribution < -0.4 is 5.43 Å². The summed E-state index contributed by atoms with van der Waals surface area (Å²) in [5.41, 5.74) is 3.77. The standard InChI is InChI=1S/C17H20N4O5S/c22-21(23)13-4-5-15(18-19-16-10-12-2-1-3-14(12)16)17(11-13)27(24,25)20-6-8-26-9-7-20/h1,3-5,11-12,14,18H,2,6-10H2/b19-16-. The van der Waals surface area contributed by atoms with Gasteiger partial charge < -0.3 is 4.74 Å². The monoisotopic (exact) mass is 392 g/mol. The summed E-state index contributed by atoms with van der Waals surface area (Å²) < 4.78 is 32.6. The number of hydrogen-bond donors (Lipinski definition) is 1. The van der Waals surface area contributed by atoms with E-state index < -0.39 is 14.9 Å². The fourth-order valence-corrected chi connectivity index (χ4v) is 5.22. The Hall–Kier alpha value is -2.30. The third-order valence-corrected chi connectivity index (χ3v) is 7.17. The van der Waals surface area contributed by atoms with E-state index in [4.69, 9.17) is 4.74 Å². The summed E-state index contributed by atoms with van der Waals surface area (Å²) in [6.07, 6.45) is 6.19. The third kappa shape index (κ3) is 3.35. The molecule has 0 bridgehead atoms. The first-order valence-electron chi connectivity index (χ1n) is 8.82. The minimum atomic E-state index is -3.90. The molecule has 2 aliphatic carbocycles. The Bertz CT molecular complexity index is 921. The molecule has 1 saturated heterocycles. The van der Waals surface area contributed by atoms with E-state index in [0.717, 1.165) is 24.6 Å². The predicted octanol–water partition coefficient (Wildman–Crippen LogP) is 1.98. The van der Waals surface area contributed by atoms with Gasteiger partial charge in [-0.25, -0.2) is 8.42 Å². The molecule has 27 heavy (non-hydrogen) atoms. The molecule has 1 saturated carbocycles. The number of benzene rings is 1. The van der Waals surface area contributed by atoms with Crippen LogP contribution in [0, 0.1) is 22.0 Å². The molecular weight excluding hydrogens is 372 g/mol. The van der Waals surface area contributed by atoms with Crippen molar-refractivity contribution < 1.29 is 18.1 Å². The second-order valence-corrected chi connectivity index (χ2v) is 8.73. The molecule has 1 aromatic rings. The van der Waals surface area contributed by atoms with Crippen LogP contribution in [0.2, 0.25) is 0 Å². The lowest BCUT2D eigenvalue weighted by Crippen LogP contribution is -2.40. The fraction of sp³-hybridized carbons (Fsp3) is 0.471. The summed E-state index contributed by atoms with van der Waals surface area (Å²) >= 11 is 0. The van der Waals surface area contributed by atoms with Gasteiger partial charge in [-0.2, -0.15) is 9.41 Å². The maximum absolute atomic E-state index is 13.0. The maximum atomic E-state index is 13.0. The number of nitrogens with zero attached hydrogens (tertiary/aromatic N) is 3. The van der Waals surface area contributed by atoms with Gasteiger partial charge in [0.15, 0.2) is 0 Å². The highest BCUT2D eigenvalue weighted by Crippen LogP contribution is 2.40. The molecule has 4 rings (SSSR count). The summed E-state index contributed by atoms with van der Waals surface area (Å²) in [5, 5.41) is 15.5. The van der Waals surface area contributed by atoms with Crippen LogP contribution in [0.25, 0.3) is 0 Å². The highest BCUT2D eigenvalue weighted by atomic mass is 32.2. The number of nitro groups is 1. The summed E-state index contributed by atoms with van der Waals surface area (Å²) in [6, 6.07) is 3.77. The molecule has 144 valence electrons. The van der Waals surface area contributed by atoms with Gasteiger partial charge in [0.1, 0.15) is 4.90 Å². The summed E-state index contributed by atoms with van der Waals surface area (Å²) in [7, 11) is -3.90. The molecule has 0 spiro atoms. The molecular formula is C17H20N4O5S. The highest BCUT2D eigenvalue weighted by Gasteiger charge is 2.38. The van der Waals surface area contributed by atoms with E-state index in [1.54, 1.807) is 0 Å². The van der Waals surface area contributed by atoms with E-state index >= 15 is 0 Å². The molecule has 9 nitrogen and oxygen atoms in total. The lowest BCUT2D eigenvalue weighted by molar-refractivity contribution is -0.385. The quantitative estimate of drug-likeness (QED) is 0.466. The van der Waals surface area contributed by atoms with Gasteiger partial charge in [-0.05, 0) is 24.8 Å². The second kappa shape index (κ2) is 7.02. The Kier molecular flexibility index (Phi) is 4.70. The van der Waals surface area contributed by atoms with Crippen molar-refractivity contribution in [1.82, 2.24) is 4.31 Å². The lowest BCUT2D eigenvalue weighted by atomic mass is 9.74. The number of non-ortho nitro benzene ring substituents is 1. The number of morpholine rings is 1. The number of nitro benzene ring substituents is 1. The van der Waals surface area contributed by atoms with Gasteiger partial charge in [-0.15, -0.1) is 0 Å². The predicted molar refractivity (Wildman–Crippen MR) is 99.1 cm³/mol. The molecule has 0 radical (unpaired) electrons. The topological polar surface area (TPSA) is 114 Å². The van der Waals surface area contributed by atoms with E-state index in [-0.39, 0.29) is 29.4 Å². The summed E-state index contributed by atoms with van der Waals surface area (Å²) in [4.78, 5) is 10.4. The lowest BCUT2D eigenvalue weighted by Gasteiger charge is -2.32. The van der Waals surface area contributed by atoms with Crippen molar-refractivity contribution in [3.05, 3.63) is 40.5 Å². The summed E-state index contributed by atoms with van der Waals surface area (Å²) in [5.74, 6) is 0.911. The highest BCUT2D eigenvalue weighted by molar-refractivity contribution is 7.89. The number of hydrogen-bond acceptors (Lipinski definition) is 7. The Morgan fingerprint density at radius 2 is 2.07 bits per heavy atom. The van der Waals surface area contributed by atoms with Gasteiger partial charge in [0.2, 0.25) is 10.0 Å². The maximum Gasteiger partial charge on any atom is 0.270 e. The summed E-state index contributed by atoms with van der Waals surface area (Å²) in [6.45, 7) is 1.03. The van der Waals surface area contributed by atoms with Crippen LogP contribution in [0.15, 0.2) is 40.3 Å². The molecule has 1 N–H and O–H groups in total. The zero-order valence-electron chi connectivity index (χ0n) is 14.6. The van der Waals surface area contributed by atoms with E-state index in [0.29, 0.717) is 25.0 Å². The molecule has 1 aromatic carbocycles. The van der Waals surface area contributed by atoms with Crippen molar-refractivity contribution in [3.63, 3.8) is 0 Å². The van der Waals surface area contributed by atoms with Crippen LogP contribution in [-0.4, -0.2) is 49.7 Å². The van der Waals surface area contributed by atoms with E-state index in [2.05, 4.69) is 22.7 Å². The van der Waals surface area contributed by atoms with Crippen LogP contribution in [0.1, 0.15) is 12.8 Å². The number of anilines is 1. The largest absolute Gasteiger partial charge is 0.379 e. The number of ether oxygens (including phenoxy) is 1. The molecule has 1 heterocycles. The number of sulfonamides is 1. The van der Waals surface area contributed by atoms with E-state index in [1.165, 1.54) is 16.4 Å². The van der Waals surface area contributed by atoms with Crippen LogP contribution in [0.4, 0.5) is 11.4 Å². The van der Waals surface area contributed by atoms with Crippen LogP contribution >= 0.6 is 0 Å². The average molecular weight is 392 g/mol. The van der Waals surface area contributed by atoms with Crippen molar-refractivity contribution in [3.8, 4) is 0 Å². The van der Waals surface area contributed by atoms with E-state index in [1.807, 2.05) is 0 Å². The fourth-order valence-electron chi connectivity index (χ4n) is 3.65. The number of rotatable bonds is 5. The van der Waals surface area contributed by atoms with Crippen LogP contribution in [0.5, 0.6) is 0 Å². The molecule has 1 aliphatic heterocycles. The first-order valence-corrected chi connectivity index (χ1v) is 10.3. The molecule has 0 amide bonds. The van der Waals surface area contributed by atoms with Crippen molar-refractivity contribution in [1.29, 1.82) is 0 Å². The van der Waals surface area contributed by atoms with Crippen molar-refractivity contribution in [2.45, 2.75) is 17.7 Å². The number of allylic oxidation sites excluding steroid dienone is 2. The first kappa shape index (κ1) is 18.1. The Morgan fingerprint density at radius 3 is 2.78 bits per heavy atom. The minimum absolute atomic E-state index is 0.138.